The van der Waals surface area contributed by atoms with Gasteiger partial charge < -0.3 is 15.3 Å². The van der Waals surface area contributed by atoms with Crippen molar-refractivity contribution in [2.45, 2.75) is 63.5 Å². The zero-order valence-electron chi connectivity index (χ0n) is 14.5. The minimum absolute atomic E-state index is 0.417. The third kappa shape index (κ3) is 17.8. The Balaban J connectivity index is 0. The van der Waals surface area contributed by atoms with E-state index >= 15 is 0 Å². The minimum atomic E-state index is -0.417. The summed E-state index contributed by atoms with van der Waals surface area (Å²) in [6.07, 6.45) is 3.25. The Hall–Kier alpha value is -0.277. The second-order valence-electron chi connectivity index (χ2n) is 5.61. The average Bonchev–Trinajstić information content (AvgIpc) is 2.70. The van der Waals surface area contributed by atoms with Gasteiger partial charge in [-0.15, -0.1) is 18.3 Å². The van der Waals surface area contributed by atoms with Gasteiger partial charge in [-0.3, -0.25) is 0 Å². The zero-order valence-corrected chi connectivity index (χ0v) is 17.0. The molecule has 1 atom stereocenters. The predicted molar refractivity (Wildman–Crippen MR) is 83.6 cm³/mol. The Morgan fingerprint density at radius 3 is 1.55 bits per heavy atom. The van der Waals surface area contributed by atoms with Crippen LogP contribution in [0.3, 0.4) is 0 Å². The summed E-state index contributed by atoms with van der Waals surface area (Å²) < 4.78 is 0.711. The van der Waals surface area contributed by atoms with Crippen LogP contribution in [0.4, 0.5) is 0 Å². The van der Waals surface area contributed by atoms with Crippen LogP contribution in [0.5, 0.6) is 0 Å². The molecule has 0 N–H and O–H groups in total. The Labute approximate surface area is 150 Å². The second-order valence-corrected chi connectivity index (χ2v) is 7.14. The van der Waals surface area contributed by atoms with Gasteiger partial charge in [0, 0.05) is 0 Å². The Morgan fingerprint density at radius 2 is 1.18 bits per heavy atom. The van der Waals surface area contributed by atoms with Crippen molar-refractivity contribution >= 4 is 6.08 Å². The third-order valence-corrected chi connectivity index (χ3v) is 3.04. The van der Waals surface area contributed by atoms with Crippen LogP contribution < -0.4 is 15.3 Å². The van der Waals surface area contributed by atoms with Crippen molar-refractivity contribution in [3.63, 3.8) is 0 Å². The molecule has 1 aromatic carbocycles. The molecule has 3 nitrogen and oxygen atoms in total. The van der Waals surface area contributed by atoms with Crippen molar-refractivity contribution in [2.75, 3.05) is 0 Å². The van der Waals surface area contributed by atoms with Crippen LogP contribution >= 0.6 is 0 Å². The SMILES string of the molecule is CC(C)[O-].CC(C)[O-].CC(C)[O-].[Zr+3][CH]1C=Cc2ccccc21. The van der Waals surface area contributed by atoms with Crippen molar-refractivity contribution < 1.29 is 40.0 Å². The number of allylic oxidation sites excluding steroid dienone is 1. The quantitative estimate of drug-likeness (QED) is 0.683. The van der Waals surface area contributed by atoms with Gasteiger partial charge in [0.1, 0.15) is 0 Å². The first kappa shape index (κ1) is 24.0. The van der Waals surface area contributed by atoms with Crippen LogP contribution in [0.1, 0.15) is 56.3 Å². The van der Waals surface area contributed by atoms with E-state index < -0.39 is 18.3 Å². The van der Waals surface area contributed by atoms with Gasteiger partial charge in [-0.25, -0.2) is 0 Å². The van der Waals surface area contributed by atoms with Crippen LogP contribution in [-0.4, -0.2) is 18.3 Å². The standard InChI is InChI=1S/C9H7.3C3H7O.Zr/c1-2-5-9-7-3-6-8(9)4-1;3*1-3(2)4;/h1-7H;3*3H,1-2H3;/q;3*-1;+3. The first-order chi connectivity index (χ1) is 10.1. The topological polar surface area (TPSA) is 69.2 Å². The van der Waals surface area contributed by atoms with Crippen LogP contribution in [-0.2, 0) is 24.7 Å². The van der Waals surface area contributed by atoms with Gasteiger partial charge in [-0.05, 0) is 0 Å². The molecule has 1 unspecified atom stereocenters. The van der Waals surface area contributed by atoms with Gasteiger partial charge in [0.25, 0.3) is 0 Å². The van der Waals surface area contributed by atoms with E-state index in [1.165, 1.54) is 11.1 Å². The molecule has 1 aliphatic carbocycles. The number of hydrogen-bond donors (Lipinski definition) is 0. The summed E-state index contributed by atoms with van der Waals surface area (Å²) >= 11 is 1.59. The van der Waals surface area contributed by atoms with Crippen molar-refractivity contribution in [1.29, 1.82) is 0 Å². The molecule has 122 valence electrons. The Bertz CT molecular complexity index is 379. The van der Waals surface area contributed by atoms with E-state index in [4.69, 9.17) is 0 Å². The van der Waals surface area contributed by atoms with E-state index in [1.807, 2.05) is 0 Å². The van der Waals surface area contributed by atoms with E-state index in [-0.39, 0.29) is 0 Å². The molecule has 0 amide bonds. The second kappa shape index (κ2) is 14.3. The molecule has 0 aromatic heterocycles. The number of rotatable bonds is 0. The molecule has 0 fully saturated rings. The normalized spacial score (nSPS) is 14.5. The number of benzene rings is 1. The maximum absolute atomic E-state index is 9.53. The first-order valence-electron chi connectivity index (χ1n) is 7.53. The average molecular weight is 384 g/mol. The fourth-order valence-corrected chi connectivity index (χ4v) is 2.13. The summed E-state index contributed by atoms with van der Waals surface area (Å²) in [6.45, 7) is 9.67. The van der Waals surface area contributed by atoms with Gasteiger partial charge in [-0.1, -0.05) is 41.5 Å². The van der Waals surface area contributed by atoms with E-state index in [2.05, 4.69) is 36.4 Å². The monoisotopic (exact) mass is 382 g/mol. The summed E-state index contributed by atoms with van der Waals surface area (Å²) in [4.78, 5) is 0. The van der Waals surface area contributed by atoms with E-state index in [1.54, 1.807) is 66.3 Å². The van der Waals surface area contributed by atoms with Gasteiger partial charge in [0.05, 0.1) is 0 Å². The summed E-state index contributed by atoms with van der Waals surface area (Å²) in [5.41, 5.74) is 2.91. The molecule has 0 aliphatic heterocycles. The Morgan fingerprint density at radius 1 is 0.818 bits per heavy atom. The first-order valence-corrected chi connectivity index (χ1v) is 8.95. The molecular weight excluding hydrogens is 355 g/mol. The third-order valence-electron chi connectivity index (χ3n) is 1.80. The molecular formula is C18H28O3Zr. The molecule has 1 aliphatic rings. The molecule has 0 bridgehead atoms. The molecule has 0 saturated carbocycles. The van der Waals surface area contributed by atoms with Gasteiger partial charge in [0.2, 0.25) is 0 Å². The molecule has 0 spiro atoms. The van der Waals surface area contributed by atoms with Gasteiger partial charge in [0.15, 0.2) is 0 Å². The zero-order chi connectivity index (χ0) is 17.7. The van der Waals surface area contributed by atoms with E-state index in [9.17, 15) is 15.3 Å². The summed E-state index contributed by atoms with van der Waals surface area (Å²) in [5, 5.41) is 28.6. The summed E-state index contributed by atoms with van der Waals surface area (Å²) in [7, 11) is 0. The molecule has 4 heteroatoms. The maximum atomic E-state index is 9.53. The fourth-order valence-electron chi connectivity index (χ4n) is 1.25. The van der Waals surface area contributed by atoms with Crippen LogP contribution in [0, 0.1) is 0 Å². The van der Waals surface area contributed by atoms with Crippen molar-refractivity contribution in [3.05, 3.63) is 41.5 Å². The molecule has 1 aromatic rings. The van der Waals surface area contributed by atoms with E-state index in [0.29, 0.717) is 3.63 Å². The molecule has 0 saturated heterocycles. The van der Waals surface area contributed by atoms with Gasteiger partial charge in [-0.2, -0.15) is 0 Å². The van der Waals surface area contributed by atoms with E-state index in [0.717, 1.165) is 0 Å². The number of hydrogen-bond acceptors (Lipinski definition) is 3. The van der Waals surface area contributed by atoms with Crippen LogP contribution in [0.25, 0.3) is 6.08 Å². The molecule has 0 radical (unpaired) electrons. The molecule has 2 rings (SSSR count). The Kier molecular flexibility index (Phi) is 15.6. The molecule has 0 heterocycles. The van der Waals surface area contributed by atoms with Crippen LogP contribution in [0.15, 0.2) is 30.3 Å². The van der Waals surface area contributed by atoms with Crippen molar-refractivity contribution in [1.82, 2.24) is 0 Å². The predicted octanol–water partition coefficient (Wildman–Crippen LogP) is 1.57. The van der Waals surface area contributed by atoms with Gasteiger partial charge >= 0.3 is 75.9 Å². The summed E-state index contributed by atoms with van der Waals surface area (Å²) in [6, 6.07) is 8.60. The molecule has 22 heavy (non-hydrogen) atoms. The van der Waals surface area contributed by atoms with Crippen LogP contribution in [0.2, 0.25) is 0 Å². The number of fused-ring (bicyclic) bond motifs is 1. The van der Waals surface area contributed by atoms with Crippen molar-refractivity contribution in [2.24, 2.45) is 0 Å². The fraction of sp³-hybridized carbons (Fsp3) is 0.556. The van der Waals surface area contributed by atoms with Crippen molar-refractivity contribution in [3.8, 4) is 0 Å². The summed E-state index contributed by atoms with van der Waals surface area (Å²) in [5.74, 6) is 0.